The predicted octanol–water partition coefficient (Wildman–Crippen LogP) is 2.65. The molecule has 178 valence electrons. The number of carbonyl (C=O) groups is 1. The predicted molar refractivity (Wildman–Crippen MR) is 131 cm³/mol. The minimum atomic E-state index is -0.0548. The van der Waals surface area contributed by atoms with Crippen molar-refractivity contribution in [1.82, 2.24) is 29.5 Å². The van der Waals surface area contributed by atoms with Crippen molar-refractivity contribution in [3.8, 4) is 11.3 Å². The number of benzene rings is 1. The van der Waals surface area contributed by atoms with Crippen LogP contribution in [0.2, 0.25) is 0 Å². The number of anilines is 1. The van der Waals surface area contributed by atoms with Gasteiger partial charge in [0.05, 0.1) is 24.1 Å². The van der Waals surface area contributed by atoms with Gasteiger partial charge in [-0.3, -0.25) is 9.69 Å². The Labute approximate surface area is 199 Å². The highest BCUT2D eigenvalue weighted by Crippen LogP contribution is 2.34. The second-order valence-electron chi connectivity index (χ2n) is 9.15. The topological polar surface area (TPSA) is 102 Å². The number of rotatable bonds is 5. The van der Waals surface area contributed by atoms with Crippen LogP contribution in [-0.4, -0.2) is 74.3 Å². The molecule has 9 heteroatoms. The van der Waals surface area contributed by atoms with Crippen molar-refractivity contribution >= 4 is 22.8 Å². The number of amides is 1. The van der Waals surface area contributed by atoms with E-state index in [-0.39, 0.29) is 18.1 Å². The highest BCUT2D eigenvalue weighted by atomic mass is 16.5. The number of ether oxygens (including phenoxy) is 1. The Kier molecular flexibility index (Phi) is 6.30. The highest BCUT2D eigenvalue weighted by molar-refractivity contribution is 5.98. The standard InChI is InChI=1S/C25H31N7O2/c1-3-21(33)31-10-4-5-20(15-31)32-25-22(24(26)27-16-28-25)23(29-32)19-8-6-18(7-9-19)14-30-11-12-34-17(2)13-30/h3,6-9,16-17,20H,1,4-5,10-15H2,2H3,(H2,26,27,28). The van der Waals surface area contributed by atoms with Gasteiger partial charge in [-0.05, 0) is 31.4 Å². The largest absolute Gasteiger partial charge is 0.383 e. The highest BCUT2D eigenvalue weighted by Gasteiger charge is 2.28. The summed E-state index contributed by atoms with van der Waals surface area (Å²) in [6.45, 7) is 10.6. The number of aromatic nitrogens is 4. The molecule has 1 amide bonds. The van der Waals surface area contributed by atoms with Gasteiger partial charge in [0.1, 0.15) is 17.8 Å². The van der Waals surface area contributed by atoms with Gasteiger partial charge in [-0.15, -0.1) is 0 Å². The molecule has 3 aromatic rings. The SMILES string of the molecule is C=CC(=O)N1CCCC(n2nc(-c3ccc(CN4CCOC(C)C4)cc3)c3c(N)ncnc32)C1. The van der Waals surface area contributed by atoms with Crippen molar-refractivity contribution in [2.45, 2.75) is 38.5 Å². The maximum Gasteiger partial charge on any atom is 0.246 e. The molecule has 0 spiro atoms. The van der Waals surface area contributed by atoms with Gasteiger partial charge >= 0.3 is 0 Å². The fraction of sp³-hybridized carbons (Fsp3) is 0.440. The molecule has 0 aliphatic carbocycles. The van der Waals surface area contributed by atoms with Crippen LogP contribution in [0.3, 0.4) is 0 Å². The quantitative estimate of drug-likeness (QED) is 0.583. The first-order chi connectivity index (χ1) is 16.5. The van der Waals surface area contributed by atoms with Crippen LogP contribution >= 0.6 is 0 Å². The second-order valence-corrected chi connectivity index (χ2v) is 9.15. The zero-order chi connectivity index (χ0) is 23.7. The number of nitrogens with two attached hydrogens (primary N) is 1. The van der Waals surface area contributed by atoms with Crippen molar-refractivity contribution in [3.05, 3.63) is 48.8 Å². The average Bonchev–Trinajstić information content (AvgIpc) is 3.25. The van der Waals surface area contributed by atoms with E-state index in [0.29, 0.717) is 18.0 Å². The van der Waals surface area contributed by atoms with E-state index in [0.717, 1.165) is 62.3 Å². The fourth-order valence-electron chi connectivity index (χ4n) is 5.00. The Bertz CT molecular complexity index is 1190. The smallest absolute Gasteiger partial charge is 0.246 e. The molecule has 4 heterocycles. The number of carbonyl (C=O) groups excluding carboxylic acids is 1. The van der Waals surface area contributed by atoms with Crippen LogP contribution in [0.5, 0.6) is 0 Å². The summed E-state index contributed by atoms with van der Waals surface area (Å²) in [7, 11) is 0. The summed E-state index contributed by atoms with van der Waals surface area (Å²) in [6, 6.07) is 8.49. The maximum absolute atomic E-state index is 12.2. The summed E-state index contributed by atoms with van der Waals surface area (Å²) in [5.74, 6) is 0.355. The molecule has 2 fully saturated rings. The molecule has 0 radical (unpaired) electrons. The van der Waals surface area contributed by atoms with E-state index in [1.54, 1.807) is 0 Å². The lowest BCUT2D eigenvalue weighted by atomic mass is 10.1. The number of nitrogens with zero attached hydrogens (tertiary/aromatic N) is 6. The summed E-state index contributed by atoms with van der Waals surface area (Å²) in [5.41, 5.74) is 9.99. The summed E-state index contributed by atoms with van der Waals surface area (Å²) >= 11 is 0. The number of hydrogen-bond acceptors (Lipinski definition) is 7. The van der Waals surface area contributed by atoms with Crippen LogP contribution in [0, 0.1) is 0 Å². The van der Waals surface area contributed by atoms with E-state index in [4.69, 9.17) is 15.6 Å². The third kappa shape index (κ3) is 4.41. The minimum absolute atomic E-state index is 0.0192. The molecule has 34 heavy (non-hydrogen) atoms. The molecule has 0 bridgehead atoms. The Hall–Kier alpha value is -3.30. The minimum Gasteiger partial charge on any atom is -0.383 e. The molecule has 2 aromatic heterocycles. The lowest BCUT2D eigenvalue weighted by molar-refractivity contribution is -0.127. The van der Waals surface area contributed by atoms with E-state index in [2.05, 4.69) is 52.6 Å². The van der Waals surface area contributed by atoms with Crippen molar-refractivity contribution in [2.75, 3.05) is 38.5 Å². The molecule has 2 N–H and O–H groups in total. The molecule has 5 rings (SSSR count). The summed E-state index contributed by atoms with van der Waals surface area (Å²) in [4.78, 5) is 25.2. The van der Waals surface area contributed by atoms with Crippen LogP contribution in [-0.2, 0) is 16.1 Å². The van der Waals surface area contributed by atoms with Crippen LogP contribution in [0.15, 0.2) is 43.2 Å². The van der Waals surface area contributed by atoms with Gasteiger partial charge in [0.25, 0.3) is 0 Å². The van der Waals surface area contributed by atoms with Crippen LogP contribution < -0.4 is 5.73 Å². The zero-order valence-corrected chi connectivity index (χ0v) is 19.6. The van der Waals surface area contributed by atoms with E-state index in [9.17, 15) is 4.79 Å². The lowest BCUT2D eigenvalue weighted by Gasteiger charge is -2.32. The number of hydrogen-bond donors (Lipinski definition) is 1. The van der Waals surface area contributed by atoms with E-state index in [1.807, 2.05) is 9.58 Å². The van der Waals surface area contributed by atoms with Gasteiger partial charge in [0.15, 0.2) is 5.65 Å². The number of piperidine rings is 1. The van der Waals surface area contributed by atoms with Crippen molar-refractivity contribution < 1.29 is 9.53 Å². The van der Waals surface area contributed by atoms with Crippen molar-refractivity contribution in [2.24, 2.45) is 0 Å². The third-order valence-electron chi connectivity index (χ3n) is 6.71. The third-order valence-corrected chi connectivity index (χ3v) is 6.71. The number of likely N-dealkylation sites (tertiary alicyclic amines) is 1. The van der Waals surface area contributed by atoms with Crippen LogP contribution in [0.4, 0.5) is 5.82 Å². The summed E-state index contributed by atoms with van der Waals surface area (Å²) in [6.07, 6.45) is 4.92. The van der Waals surface area contributed by atoms with Crippen LogP contribution in [0.1, 0.15) is 31.4 Å². The Morgan fingerprint density at radius 2 is 2.06 bits per heavy atom. The fourth-order valence-corrected chi connectivity index (χ4v) is 5.00. The summed E-state index contributed by atoms with van der Waals surface area (Å²) < 4.78 is 7.58. The van der Waals surface area contributed by atoms with Crippen molar-refractivity contribution in [1.29, 1.82) is 0 Å². The maximum atomic E-state index is 12.2. The van der Waals surface area contributed by atoms with Crippen molar-refractivity contribution in [3.63, 3.8) is 0 Å². The molecule has 1 aromatic carbocycles. The van der Waals surface area contributed by atoms with Gasteiger partial charge in [0.2, 0.25) is 5.91 Å². The first-order valence-corrected chi connectivity index (χ1v) is 11.9. The van der Waals surface area contributed by atoms with Gasteiger partial charge < -0.3 is 15.4 Å². The molecular weight excluding hydrogens is 430 g/mol. The number of nitrogen functional groups attached to an aromatic ring is 1. The molecule has 2 aliphatic heterocycles. The second kappa shape index (κ2) is 9.52. The molecule has 2 unspecified atom stereocenters. The van der Waals surface area contributed by atoms with Crippen LogP contribution in [0.25, 0.3) is 22.3 Å². The van der Waals surface area contributed by atoms with E-state index >= 15 is 0 Å². The summed E-state index contributed by atoms with van der Waals surface area (Å²) in [5, 5.41) is 5.72. The molecule has 0 saturated carbocycles. The molecule has 2 saturated heterocycles. The van der Waals surface area contributed by atoms with Gasteiger partial charge in [-0.2, -0.15) is 5.10 Å². The van der Waals surface area contributed by atoms with E-state index < -0.39 is 0 Å². The van der Waals surface area contributed by atoms with Gasteiger partial charge in [-0.25, -0.2) is 14.6 Å². The number of fused-ring (bicyclic) bond motifs is 1. The normalized spacial score (nSPS) is 21.6. The molecule has 2 aliphatic rings. The Balaban J connectivity index is 1.45. The zero-order valence-electron chi connectivity index (χ0n) is 19.6. The monoisotopic (exact) mass is 461 g/mol. The van der Waals surface area contributed by atoms with E-state index in [1.165, 1.54) is 18.0 Å². The lowest BCUT2D eigenvalue weighted by Crippen LogP contribution is -2.40. The Morgan fingerprint density at radius 1 is 1.24 bits per heavy atom. The first-order valence-electron chi connectivity index (χ1n) is 11.9. The number of morpholine rings is 1. The Morgan fingerprint density at radius 3 is 2.82 bits per heavy atom. The van der Waals surface area contributed by atoms with Gasteiger partial charge in [-0.1, -0.05) is 30.8 Å². The average molecular weight is 462 g/mol. The molecule has 2 atom stereocenters. The molecule has 9 nitrogen and oxygen atoms in total. The first kappa shape index (κ1) is 22.5. The van der Waals surface area contributed by atoms with Gasteiger partial charge in [0, 0.05) is 38.3 Å². The molecular formula is C25H31N7O2.